The molecule has 0 saturated heterocycles. The molecule has 1 aromatic heterocycles. The fourth-order valence-electron chi connectivity index (χ4n) is 2.17. The summed E-state index contributed by atoms with van der Waals surface area (Å²) < 4.78 is 7.50. The molecule has 5 nitrogen and oxygen atoms in total. The Hall–Kier alpha value is -2.17. The third-order valence-electron chi connectivity index (χ3n) is 3.30. The van der Waals surface area contributed by atoms with Gasteiger partial charge in [0.15, 0.2) is 6.29 Å². The van der Waals surface area contributed by atoms with E-state index in [9.17, 15) is 4.79 Å². The molecule has 0 spiro atoms. The third-order valence-corrected chi connectivity index (χ3v) is 3.30. The second-order valence-electron chi connectivity index (χ2n) is 4.88. The van der Waals surface area contributed by atoms with E-state index in [1.807, 2.05) is 35.0 Å². The molecule has 0 N–H and O–H groups in total. The largest absolute Gasteiger partial charge is 0.493 e. The Morgan fingerprint density at radius 1 is 1.24 bits per heavy atom. The van der Waals surface area contributed by atoms with E-state index in [4.69, 9.17) is 4.74 Å². The molecule has 0 aliphatic carbocycles. The van der Waals surface area contributed by atoms with Crippen LogP contribution >= 0.6 is 0 Å². The first-order chi connectivity index (χ1) is 10.3. The Kier molecular flexibility index (Phi) is 5.94. The number of carbonyl (C=O) groups excluding carboxylic acids is 1. The van der Waals surface area contributed by atoms with E-state index >= 15 is 0 Å². The van der Waals surface area contributed by atoms with Crippen LogP contribution in [0.15, 0.2) is 30.3 Å². The Morgan fingerprint density at radius 2 is 2.05 bits per heavy atom. The van der Waals surface area contributed by atoms with E-state index in [0.29, 0.717) is 18.7 Å². The zero-order valence-corrected chi connectivity index (χ0v) is 12.4. The summed E-state index contributed by atoms with van der Waals surface area (Å²) in [7, 11) is 0. The lowest BCUT2D eigenvalue weighted by molar-refractivity contribution is 0.111. The van der Waals surface area contributed by atoms with Crippen LogP contribution in [0.1, 0.15) is 42.4 Å². The molecule has 112 valence electrons. The standard InChI is InChI=1S/C16H21N3O2/c1-2-3-7-11-19-16(15(13-20)17-18-19)10-12-21-14-8-5-4-6-9-14/h4-6,8-9,13H,2-3,7,10-12H2,1H3. The van der Waals surface area contributed by atoms with Gasteiger partial charge in [-0.25, -0.2) is 4.68 Å². The molecular weight excluding hydrogens is 266 g/mol. The highest BCUT2D eigenvalue weighted by molar-refractivity contribution is 5.73. The maximum atomic E-state index is 11.0. The van der Waals surface area contributed by atoms with Crippen molar-refractivity contribution in [2.75, 3.05) is 6.61 Å². The molecule has 2 aromatic rings. The zero-order valence-electron chi connectivity index (χ0n) is 12.4. The Morgan fingerprint density at radius 3 is 2.76 bits per heavy atom. The minimum absolute atomic E-state index is 0.420. The highest BCUT2D eigenvalue weighted by Gasteiger charge is 2.12. The van der Waals surface area contributed by atoms with E-state index in [1.54, 1.807) is 0 Å². The number of para-hydroxylation sites is 1. The SMILES string of the molecule is CCCCCn1nnc(C=O)c1CCOc1ccccc1. The fourth-order valence-corrected chi connectivity index (χ4v) is 2.17. The molecule has 0 unspecified atom stereocenters. The number of aldehydes is 1. The van der Waals surface area contributed by atoms with Crippen molar-refractivity contribution >= 4 is 6.29 Å². The summed E-state index contributed by atoms with van der Waals surface area (Å²) in [5, 5.41) is 7.99. The summed E-state index contributed by atoms with van der Waals surface area (Å²) in [6, 6.07) is 9.64. The van der Waals surface area contributed by atoms with Gasteiger partial charge in [-0.1, -0.05) is 43.2 Å². The van der Waals surface area contributed by atoms with E-state index < -0.39 is 0 Å². The fraction of sp³-hybridized carbons (Fsp3) is 0.438. The van der Waals surface area contributed by atoms with Crippen LogP contribution in [0, 0.1) is 0 Å². The van der Waals surface area contributed by atoms with Gasteiger partial charge in [-0.05, 0) is 18.6 Å². The third kappa shape index (κ3) is 4.41. The summed E-state index contributed by atoms with van der Waals surface area (Å²) in [5.41, 5.74) is 1.28. The molecular formula is C16H21N3O2. The number of hydrogen-bond donors (Lipinski definition) is 0. The van der Waals surface area contributed by atoms with Crippen LogP contribution in [-0.2, 0) is 13.0 Å². The average Bonchev–Trinajstić information content (AvgIpc) is 2.91. The molecule has 1 heterocycles. The molecule has 1 aromatic carbocycles. The van der Waals surface area contributed by atoms with Crippen molar-refractivity contribution in [2.24, 2.45) is 0 Å². The van der Waals surface area contributed by atoms with Crippen LogP contribution in [0.3, 0.4) is 0 Å². The van der Waals surface area contributed by atoms with Crippen molar-refractivity contribution in [1.82, 2.24) is 15.0 Å². The average molecular weight is 287 g/mol. The van der Waals surface area contributed by atoms with Crippen molar-refractivity contribution in [3.63, 3.8) is 0 Å². The van der Waals surface area contributed by atoms with Crippen molar-refractivity contribution in [1.29, 1.82) is 0 Å². The molecule has 0 aliphatic heterocycles. The van der Waals surface area contributed by atoms with Crippen LogP contribution in [0.5, 0.6) is 5.75 Å². The molecule has 0 amide bonds. The lowest BCUT2D eigenvalue weighted by Crippen LogP contribution is -2.11. The number of rotatable bonds is 9. The molecule has 0 saturated carbocycles. The monoisotopic (exact) mass is 287 g/mol. The van der Waals surface area contributed by atoms with Gasteiger partial charge in [0.1, 0.15) is 11.4 Å². The van der Waals surface area contributed by atoms with Crippen LogP contribution in [0.25, 0.3) is 0 Å². The summed E-state index contributed by atoms with van der Waals surface area (Å²) >= 11 is 0. The summed E-state index contributed by atoms with van der Waals surface area (Å²) in [6.07, 6.45) is 4.74. The number of aryl methyl sites for hydroxylation is 1. The van der Waals surface area contributed by atoms with Gasteiger partial charge in [-0.2, -0.15) is 0 Å². The van der Waals surface area contributed by atoms with Gasteiger partial charge in [-0.3, -0.25) is 4.79 Å². The number of benzene rings is 1. The van der Waals surface area contributed by atoms with Crippen LogP contribution in [0.4, 0.5) is 0 Å². The molecule has 0 fully saturated rings. The lowest BCUT2D eigenvalue weighted by atomic mass is 10.2. The first-order valence-corrected chi connectivity index (χ1v) is 7.40. The quantitative estimate of drug-likeness (QED) is 0.525. The van der Waals surface area contributed by atoms with E-state index in [0.717, 1.165) is 43.5 Å². The van der Waals surface area contributed by atoms with Gasteiger partial charge in [0.25, 0.3) is 0 Å². The van der Waals surface area contributed by atoms with Crippen molar-refractivity contribution in [3.05, 3.63) is 41.7 Å². The van der Waals surface area contributed by atoms with Gasteiger partial charge >= 0.3 is 0 Å². The van der Waals surface area contributed by atoms with Crippen molar-refractivity contribution in [3.8, 4) is 5.75 Å². The van der Waals surface area contributed by atoms with Gasteiger partial charge in [0.2, 0.25) is 0 Å². The minimum atomic E-state index is 0.420. The topological polar surface area (TPSA) is 57.0 Å². The first-order valence-electron chi connectivity index (χ1n) is 7.40. The second-order valence-corrected chi connectivity index (χ2v) is 4.88. The molecule has 0 radical (unpaired) electrons. The zero-order chi connectivity index (χ0) is 14.9. The number of hydrogen-bond acceptors (Lipinski definition) is 4. The summed E-state index contributed by atoms with van der Waals surface area (Å²) in [5.74, 6) is 0.829. The Bertz CT molecular complexity index is 552. The molecule has 0 aliphatic rings. The maximum Gasteiger partial charge on any atom is 0.172 e. The number of carbonyl (C=O) groups is 1. The normalized spacial score (nSPS) is 10.5. The number of nitrogens with zero attached hydrogens (tertiary/aromatic N) is 3. The van der Waals surface area contributed by atoms with Crippen molar-refractivity contribution < 1.29 is 9.53 Å². The molecule has 0 atom stereocenters. The Balaban J connectivity index is 1.94. The highest BCUT2D eigenvalue weighted by Crippen LogP contribution is 2.11. The minimum Gasteiger partial charge on any atom is -0.493 e. The smallest absolute Gasteiger partial charge is 0.172 e. The number of aromatic nitrogens is 3. The predicted octanol–water partition coefficient (Wildman–Crippen LogP) is 2.90. The van der Waals surface area contributed by atoms with Crippen LogP contribution < -0.4 is 4.74 Å². The van der Waals surface area contributed by atoms with Gasteiger partial charge in [-0.15, -0.1) is 5.10 Å². The van der Waals surface area contributed by atoms with E-state index in [2.05, 4.69) is 17.2 Å². The number of unbranched alkanes of at least 4 members (excludes halogenated alkanes) is 2. The van der Waals surface area contributed by atoms with Gasteiger partial charge in [0, 0.05) is 13.0 Å². The van der Waals surface area contributed by atoms with E-state index in [1.165, 1.54) is 0 Å². The highest BCUT2D eigenvalue weighted by atomic mass is 16.5. The van der Waals surface area contributed by atoms with Crippen molar-refractivity contribution in [2.45, 2.75) is 39.2 Å². The van der Waals surface area contributed by atoms with Gasteiger partial charge in [0.05, 0.1) is 12.3 Å². The Labute approximate surface area is 124 Å². The van der Waals surface area contributed by atoms with Gasteiger partial charge < -0.3 is 4.74 Å². The molecule has 21 heavy (non-hydrogen) atoms. The molecule has 2 rings (SSSR count). The lowest BCUT2D eigenvalue weighted by Gasteiger charge is -2.08. The summed E-state index contributed by atoms with van der Waals surface area (Å²) in [6.45, 7) is 3.47. The van der Waals surface area contributed by atoms with Crippen LogP contribution in [-0.4, -0.2) is 27.9 Å². The van der Waals surface area contributed by atoms with Crippen LogP contribution in [0.2, 0.25) is 0 Å². The molecule has 5 heteroatoms. The first kappa shape index (κ1) is 15.2. The second kappa shape index (κ2) is 8.19. The van der Waals surface area contributed by atoms with E-state index in [-0.39, 0.29) is 0 Å². The predicted molar refractivity (Wildman–Crippen MR) is 80.6 cm³/mol. The molecule has 0 bridgehead atoms. The maximum absolute atomic E-state index is 11.0. The number of ether oxygens (including phenoxy) is 1. The summed E-state index contributed by atoms with van der Waals surface area (Å²) in [4.78, 5) is 11.0.